The van der Waals surface area contributed by atoms with Crippen molar-refractivity contribution in [1.82, 2.24) is 5.32 Å². The lowest BCUT2D eigenvalue weighted by molar-refractivity contribution is -0.127. The fourth-order valence-corrected chi connectivity index (χ4v) is 2.25. The van der Waals surface area contributed by atoms with E-state index in [0.29, 0.717) is 19.5 Å². The van der Waals surface area contributed by atoms with Crippen molar-refractivity contribution >= 4 is 5.91 Å². The van der Waals surface area contributed by atoms with Crippen molar-refractivity contribution in [1.29, 1.82) is 0 Å². The van der Waals surface area contributed by atoms with Crippen LogP contribution >= 0.6 is 0 Å². The maximum absolute atomic E-state index is 12.0. The van der Waals surface area contributed by atoms with Crippen LogP contribution in [0, 0.1) is 13.8 Å². The van der Waals surface area contributed by atoms with Crippen LogP contribution in [0.25, 0.3) is 0 Å². The van der Waals surface area contributed by atoms with Crippen LogP contribution in [-0.4, -0.2) is 25.1 Å². The first-order valence-corrected chi connectivity index (χ1v) is 6.86. The van der Waals surface area contributed by atoms with E-state index < -0.39 is 0 Å². The quantitative estimate of drug-likeness (QED) is 0.790. The average Bonchev–Trinajstić information content (AvgIpc) is 2.78. The Bertz CT molecular complexity index is 440. The molecule has 0 aromatic heterocycles. The summed E-state index contributed by atoms with van der Waals surface area (Å²) in [6.07, 6.45) is 2.14. The minimum atomic E-state index is -0.380. The molecule has 1 unspecified atom stereocenters. The summed E-state index contributed by atoms with van der Waals surface area (Å²) < 4.78 is 5.72. The minimum Gasteiger partial charge on any atom is -0.480 e. The van der Waals surface area contributed by atoms with Gasteiger partial charge in [0, 0.05) is 13.0 Å². The van der Waals surface area contributed by atoms with E-state index in [0.717, 1.165) is 24.2 Å². The van der Waals surface area contributed by atoms with Crippen LogP contribution in [0.4, 0.5) is 0 Å². The van der Waals surface area contributed by atoms with Gasteiger partial charge in [0.25, 0.3) is 5.91 Å². The molecule has 104 valence electrons. The Labute approximate surface area is 114 Å². The number of aryl methyl sites for hydroxylation is 2. The number of carbonyl (C=O) groups is 1. The first kappa shape index (κ1) is 13.9. The first-order valence-electron chi connectivity index (χ1n) is 6.86. The Balaban J connectivity index is 1.90. The van der Waals surface area contributed by atoms with E-state index in [4.69, 9.17) is 10.5 Å². The summed E-state index contributed by atoms with van der Waals surface area (Å²) in [6.45, 7) is 5.47. The molecular formula is C15H22N2O2. The van der Waals surface area contributed by atoms with Gasteiger partial charge in [-0.05, 0) is 56.0 Å². The van der Waals surface area contributed by atoms with Crippen LogP contribution in [0.2, 0.25) is 0 Å². The van der Waals surface area contributed by atoms with Crippen molar-refractivity contribution in [3.63, 3.8) is 0 Å². The van der Waals surface area contributed by atoms with E-state index in [2.05, 4.69) is 25.2 Å². The van der Waals surface area contributed by atoms with Crippen molar-refractivity contribution in [2.75, 3.05) is 13.1 Å². The molecular weight excluding hydrogens is 240 g/mol. The molecule has 1 heterocycles. The molecule has 1 atom stereocenters. The zero-order valence-electron chi connectivity index (χ0n) is 11.7. The molecule has 4 nitrogen and oxygen atoms in total. The molecule has 0 radical (unpaired) electrons. The lowest BCUT2D eigenvalue weighted by Crippen LogP contribution is -2.38. The van der Waals surface area contributed by atoms with E-state index in [1.165, 1.54) is 11.1 Å². The Morgan fingerprint density at radius 3 is 2.84 bits per heavy atom. The fourth-order valence-electron chi connectivity index (χ4n) is 2.25. The third-order valence-corrected chi connectivity index (χ3v) is 3.57. The van der Waals surface area contributed by atoms with E-state index >= 15 is 0 Å². The second-order valence-electron chi connectivity index (χ2n) is 5.14. The second-order valence-corrected chi connectivity index (χ2v) is 5.14. The van der Waals surface area contributed by atoms with Crippen LogP contribution in [0.3, 0.4) is 0 Å². The van der Waals surface area contributed by atoms with E-state index in [9.17, 15) is 4.79 Å². The molecule has 0 saturated heterocycles. The number of benzene rings is 1. The molecule has 1 aliphatic heterocycles. The van der Waals surface area contributed by atoms with Gasteiger partial charge in [-0.25, -0.2) is 0 Å². The predicted octanol–water partition coefficient (Wildman–Crippen LogP) is 1.46. The molecule has 2 rings (SSSR count). The molecule has 0 aliphatic carbocycles. The summed E-state index contributed by atoms with van der Waals surface area (Å²) in [5.74, 6) is 0.828. The third kappa shape index (κ3) is 3.26. The van der Waals surface area contributed by atoms with Gasteiger partial charge in [0.1, 0.15) is 5.75 Å². The monoisotopic (exact) mass is 262 g/mol. The number of hydrogen-bond donors (Lipinski definition) is 2. The SMILES string of the molecule is Cc1cc2c(cc1C)OC(C(=O)NCCCCN)C2. The number of ether oxygens (including phenoxy) is 1. The first-order chi connectivity index (χ1) is 9.11. The molecule has 1 aromatic carbocycles. The van der Waals surface area contributed by atoms with Gasteiger partial charge in [0.05, 0.1) is 0 Å². The maximum Gasteiger partial charge on any atom is 0.261 e. The summed E-state index contributed by atoms with van der Waals surface area (Å²) in [7, 11) is 0. The van der Waals surface area contributed by atoms with Crippen molar-refractivity contribution in [3.05, 3.63) is 28.8 Å². The van der Waals surface area contributed by atoms with Gasteiger partial charge in [-0.15, -0.1) is 0 Å². The number of amides is 1. The Kier molecular flexibility index (Phi) is 4.43. The summed E-state index contributed by atoms with van der Waals surface area (Å²) in [5, 5.41) is 2.90. The number of hydrogen-bond acceptors (Lipinski definition) is 3. The van der Waals surface area contributed by atoms with Crippen LogP contribution in [-0.2, 0) is 11.2 Å². The van der Waals surface area contributed by atoms with Gasteiger partial charge in [-0.2, -0.15) is 0 Å². The Morgan fingerprint density at radius 1 is 1.37 bits per heavy atom. The van der Waals surface area contributed by atoms with Crippen LogP contribution < -0.4 is 15.8 Å². The largest absolute Gasteiger partial charge is 0.480 e. The molecule has 1 aromatic rings. The normalized spacial score (nSPS) is 16.9. The molecule has 0 saturated carbocycles. The van der Waals surface area contributed by atoms with Crippen LogP contribution in [0.5, 0.6) is 5.75 Å². The molecule has 3 N–H and O–H groups in total. The Hall–Kier alpha value is -1.55. The lowest BCUT2D eigenvalue weighted by atomic mass is 10.0. The highest BCUT2D eigenvalue weighted by Gasteiger charge is 2.29. The maximum atomic E-state index is 12.0. The molecule has 0 fully saturated rings. The highest BCUT2D eigenvalue weighted by atomic mass is 16.5. The summed E-state index contributed by atoms with van der Waals surface area (Å²) in [6, 6.07) is 4.14. The fraction of sp³-hybridized carbons (Fsp3) is 0.533. The van der Waals surface area contributed by atoms with Crippen LogP contribution in [0.1, 0.15) is 29.5 Å². The average molecular weight is 262 g/mol. The summed E-state index contributed by atoms with van der Waals surface area (Å²) >= 11 is 0. The standard InChI is InChI=1S/C15H22N2O2/c1-10-7-12-9-14(19-13(12)8-11(10)2)15(18)17-6-4-3-5-16/h7-8,14H,3-6,9,16H2,1-2H3,(H,17,18). The van der Waals surface area contributed by atoms with Crippen LogP contribution in [0.15, 0.2) is 12.1 Å². The van der Waals surface area contributed by atoms with Gasteiger partial charge >= 0.3 is 0 Å². The van der Waals surface area contributed by atoms with Gasteiger partial charge in [0.2, 0.25) is 0 Å². The number of nitrogens with two attached hydrogens (primary N) is 1. The third-order valence-electron chi connectivity index (χ3n) is 3.57. The highest BCUT2D eigenvalue weighted by Crippen LogP contribution is 2.31. The summed E-state index contributed by atoms with van der Waals surface area (Å²) in [4.78, 5) is 12.0. The van der Waals surface area contributed by atoms with E-state index in [-0.39, 0.29) is 12.0 Å². The minimum absolute atomic E-state index is 0.0245. The number of fused-ring (bicyclic) bond motifs is 1. The van der Waals surface area contributed by atoms with Gasteiger partial charge < -0.3 is 15.8 Å². The van der Waals surface area contributed by atoms with E-state index in [1.54, 1.807) is 0 Å². The zero-order chi connectivity index (χ0) is 13.8. The van der Waals surface area contributed by atoms with Crippen molar-refractivity contribution in [3.8, 4) is 5.75 Å². The van der Waals surface area contributed by atoms with Crippen molar-refractivity contribution in [2.24, 2.45) is 5.73 Å². The molecule has 19 heavy (non-hydrogen) atoms. The van der Waals surface area contributed by atoms with Gasteiger partial charge in [0.15, 0.2) is 6.10 Å². The van der Waals surface area contributed by atoms with Crippen molar-refractivity contribution in [2.45, 2.75) is 39.2 Å². The van der Waals surface area contributed by atoms with Gasteiger partial charge in [-0.1, -0.05) is 6.07 Å². The predicted molar refractivity (Wildman–Crippen MR) is 75.3 cm³/mol. The highest BCUT2D eigenvalue weighted by molar-refractivity contribution is 5.82. The Morgan fingerprint density at radius 2 is 2.11 bits per heavy atom. The number of rotatable bonds is 5. The lowest BCUT2D eigenvalue weighted by Gasteiger charge is -2.11. The number of carbonyl (C=O) groups excluding carboxylic acids is 1. The molecule has 4 heteroatoms. The second kappa shape index (κ2) is 6.06. The zero-order valence-corrected chi connectivity index (χ0v) is 11.7. The smallest absolute Gasteiger partial charge is 0.261 e. The summed E-state index contributed by atoms with van der Waals surface area (Å²) in [5.41, 5.74) is 8.98. The number of nitrogens with one attached hydrogen (secondary N) is 1. The van der Waals surface area contributed by atoms with Crippen molar-refractivity contribution < 1.29 is 9.53 Å². The van der Waals surface area contributed by atoms with Gasteiger partial charge in [-0.3, -0.25) is 4.79 Å². The molecule has 1 aliphatic rings. The molecule has 1 amide bonds. The topological polar surface area (TPSA) is 64.3 Å². The van der Waals surface area contributed by atoms with E-state index in [1.807, 2.05) is 6.07 Å². The molecule has 0 bridgehead atoms. The number of unbranched alkanes of at least 4 members (excludes halogenated alkanes) is 1. The molecule has 0 spiro atoms.